The molecule has 0 amide bonds. The van der Waals surface area contributed by atoms with Crippen LogP contribution in [0.4, 0.5) is 0 Å². The summed E-state index contributed by atoms with van der Waals surface area (Å²) in [7, 11) is 0. The zero-order valence-electron chi connectivity index (χ0n) is 13.0. The average molecular weight is 270 g/mol. The maximum absolute atomic E-state index is 11.9. The average Bonchev–Trinajstić information content (AvgIpc) is 2.41. The molecule has 0 saturated carbocycles. The molecule has 4 heteroatoms. The summed E-state index contributed by atoms with van der Waals surface area (Å²) >= 11 is 0. The number of likely N-dealkylation sites (tertiary alicyclic amines) is 1. The minimum atomic E-state index is -0.184. The lowest BCUT2D eigenvalue weighted by Crippen LogP contribution is -2.49. The van der Waals surface area contributed by atoms with Crippen LogP contribution in [0.25, 0.3) is 0 Å². The second kappa shape index (κ2) is 7.85. The molecule has 1 fully saturated rings. The molecule has 1 heterocycles. The van der Waals surface area contributed by atoms with Gasteiger partial charge in [0, 0.05) is 6.54 Å². The molecule has 1 aliphatic rings. The Morgan fingerprint density at radius 1 is 1.32 bits per heavy atom. The van der Waals surface area contributed by atoms with E-state index in [1.807, 2.05) is 13.8 Å². The molecule has 0 spiro atoms. The van der Waals surface area contributed by atoms with Crippen LogP contribution in [0.15, 0.2) is 0 Å². The maximum Gasteiger partial charge on any atom is 0.324 e. The summed E-state index contributed by atoms with van der Waals surface area (Å²) in [5, 5.41) is 3.23. The molecule has 1 atom stereocenters. The van der Waals surface area contributed by atoms with Crippen molar-refractivity contribution in [3.05, 3.63) is 0 Å². The highest BCUT2D eigenvalue weighted by Gasteiger charge is 2.30. The van der Waals surface area contributed by atoms with Gasteiger partial charge in [0.2, 0.25) is 0 Å². The van der Waals surface area contributed by atoms with Crippen molar-refractivity contribution >= 4 is 5.97 Å². The molecule has 1 unspecified atom stereocenters. The highest BCUT2D eigenvalue weighted by Crippen LogP contribution is 2.33. The van der Waals surface area contributed by atoms with Gasteiger partial charge in [-0.25, -0.2) is 0 Å². The summed E-state index contributed by atoms with van der Waals surface area (Å²) in [5.41, 5.74) is 0.494. The van der Waals surface area contributed by atoms with Crippen LogP contribution in [-0.4, -0.2) is 49.7 Å². The van der Waals surface area contributed by atoms with Gasteiger partial charge in [0.15, 0.2) is 0 Å². The van der Waals surface area contributed by atoms with E-state index in [-0.39, 0.29) is 12.0 Å². The Morgan fingerprint density at radius 3 is 2.42 bits per heavy atom. The van der Waals surface area contributed by atoms with Crippen molar-refractivity contribution in [2.24, 2.45) is 5.41 Å². The van der Waals surface area contributed by atoms with Gasteiger partial charge in [0.25, 0.3) is 0 Å². The SMILES string of the molecule is CCNC(CN1CCC(C)(CC)CC1)C(=O)OCC. The molecule has 0 aliphatic carbocycles. The van der Waals surface area contributed by atoms with Crippen LogP contribution in [0.1, 0.15) is 47.0 Å². The number of carbonyl (C=O) groups is 1. The molecule has 0 aromatic rings. The molecule has 1 saturated heterocycles. The van der Waals surface area contributed by atoms with E-state index in [0.717, 1.165) is 26.2 Å². The molecule has 112 valence electrons. The predicted octanol–water partition coefficient (Wildman–Crippen LogP) is 2.04. The topological polar surface area (TPSA) is 41.6 Å². The van der Waals surface area contributed by atoms with Crippen LogP contribution in [-0.2, 0) is 9.53 Å². The fourth-order valence-corrected chi connectivity index (χ4v) is 2.60. The van der Waals surface area contributed by atoms with Crippen molar-refractivity contribution in [3.63, 3.8) is 0 Å². The van der Waals surface area contributed by atoms with Crippen molar-refractivity contribution in [2.75, 3.05) is 32.8 Å². The fourth-order valence-electron chi connectivity index (χ4n) is 2.60. The normalized spacial score (nSPS) is 21.1. The zero-order valence-corrected chi connectivity index (χ0v) is 13.0. The molecule has 0 radical (unpaired) electrons. The first-order valence-corrected chi connectivity index (χ1v) is 7.67. The quantitative estimate of drug-likeness (QED) is 0.719. The predicted molar refractivity (Wildman–Crippen MR) is 78.2 cm³/mol. The first-order chi connectivity index (χ1) is 9.04. The second-order valence-corrected chi connectivity index (χ2v) is 5.83. The van der Waals surface area contributed by atoms with E-state index >= 15 is 0 Å². The van der Waals surface area contributed by atoms with Crippen LogP contribution in [0, 0.1) is 5.41 Å². The number of esters is 1. The van der Waals surface area contributed by atoms with Crippen LogP contribution in [0.3, 0.4) is 0 Å². The van der Waals surface area contributed by atoms with Gasteiger partial charge in [0.05, 0.1) is 6.61 Å². The number of rotatable bonds is 7. The van der Waals surface area contributed by atoms with Gasteiger partial charge in [0.1, 0.15) is 6.04 Å². The molecular formula is C15H30N2O2. The molecule has 19 heavy (non-hydrogen) atoms. The Hall–Kier alpha value is -0.610. The maximum atomic E-state index is 11.9. The van der Waals surface area contributed by atoms with Crippen LogP contribution < -0.4 is 5.32 Å². The smallest absolute Gasteiger partial charge is 0.324 e. The van der Waals surface area contributed by atoms with E-state index in [0.29, 0.717) is 12.0 Å². The minimum absolute atomic E-state index is 0.117. The molecule has 0 bridgehead atoms. The van der Waals surface area contributed by atoms with E-state index in [2.05, 4.69) is 24.1 Å². The third kappa shape index (κ3) is 5.11. The summed E-state index contributed by atoms with van der Waals surface area (Å²) in [4.78, 5) is 14.3. The lowest BCUT2D eigenvalue weighted by atomic mass is 9.78. The summed E-state index contributed by atoms with van der Waals surface area (Å²) in [5.74, 6) is -0.117. The number of carbonyl (C=O) groups excluding carboxylic acids is 1. The van der Waals surface area contributed by atoms with E-state index in [1.54, 1.807) is 0 Å². The van der Waals surface area contributed by atoms with Gasteiger partial charge in [-0.3, -0.25) is 4.79 Å². The third-order valence-corrected chi connectivity index (χ3v) is 4.38. The van der Waals surface area contributed by atoms with Gasteiger partial charge in [-0.2, -0.15) is 0 Å². The first-order valence-electron chi connectivity index (χ1n) is 7.67. The Morgan fingerprint density at radius 2 is 1.95 bits per heavy atom. The monoisotopic (exact) mass is 270 g/mol. The fraction of sp³-hybridized carbons (Fsp3) is 0.933. The van der Waals surface area contributed by atoms with Gasteiger partial charge >= 0.3 is 5.97 Å². The number of piperidine rings is 1. The lowest BCUT2D eigenvalue weighted by Gasteiger charge is -2.39. The van der Waals surface area contributed by atoms with E-state index in [4.69, 9.17) is 4.74 Å². The van der Waals surface area contributed by atoms with Gasteiger partial charge in [-0.15, -0.1) is 0 Å². The largest absolute Gasteiger partial charge is 0.465 e. The van der Waals surface area contributed by atoms with Crippen LogP contribution in [0.5, 0.6) is 0 Å². The molecule has 1 rings (SSSR count). The van der Waals surface area contributed by atoms with E-state index < -0.39 is 0 Å². The van der Waals surface area contributed by atoms with Crippen molar-refractivity contribution in [1.82, 2.24) is 10.2 Å². The zero-order chi connectivity index (χ0) is 14.3. The van der Waals surface area contributed by atoms with E-state index in [9.17, 15) is 4.79 Å². The number of nitrogens with one attached hydrogen (secondary N) is 1. The summed E-state index contributed by atoms with van der Waals surface area (Å²) in [6, 6.07) is -0.184. The summed E-state index contributed by atoms with van der Waals surface area (Å²) in [6.07, 6.45) is 3.70. The molecular weight excluding hydrogens is 240 g/mol. The van der Waals surface area contributed by atoms with Crippen molar-refractivity contribution in [2.45, 2.75) is 53.0 Å². The summed E-state index contributed by atoms with van der Waals surface area (Å²) in [6.45, 7) is 12.7. The molecule has 4 nitrogen and oxygen atoms in total. The minimum Gasteiger partial charge on any atom is -0.465 e. The third-order valence-electron chi connectivity index (χ3n) is 4.38. The van der Waals surface area contributed by atoms with Gasteiger partial charge in [-0.1, -0.05) is 27.2 Å². The Bertz CT molecular complexity index is 273. The Balaban J connectivity index is 2.45. The highest BCUT2D eigenvalue weighted by molar-refractivity contribution is 5.76. The standard InChI is InChI=1S/C15H30N2O2/c1-5-15(4)8-10-17(11-9-15)12-13(16-6-2)14(18)19-7-3/h13,16H,5-12H2,1-4H3. The number of likely N-dealkylation sites (N-methyl/N-ethyl adjacent to an activating group) is 1. The van der Waals surface area contributed by atoms with E-state index in [1.165, 1.54) is 19.3 Å². The highest BCUT2D eigenvalue weighted by atomic mass is 16.5. The molecule has 1 N–H and O–H groups in total. The molecule has 0 aromatic carbocycles. The summed E-state index contributed by atoms with van der Waals surface area (Å²) < 4.78 is 5.13. The van der Waals surface area contributed by atoms with Crippen molar-refractivity contribution in [3.8, 4) is 0 Å². The van der Waals surface area contributed by atoms with Crippen molar-refractivity contribution < 1.29 is 9.53 Å². The number of hydrogen-bond donors (Lipinski definition) is 1. The Kier molecular flexibility index (Phi) is 6.80. The molecule has 0 aromatic heterocycles. The Labute approximate surface area is 117 Å². The van der Waals surface area contributed by atoms with Gasteiger partial charge in [-0.05, 0) is 44.8 Å². The van der Waals surface area contributed by atoms with Crippen LogP contribution in [0.2, 0.25) is 0 Å². The first kappa shape index (κ1) is 16.4. The molecule has 1 aliphatic heterocycles. The van der Waals surface area contributed by atoms with Crippen molar-refractivity contribution in [1.29, 1.82) is 0 Å². The number of nitrogens with zero attached hydrogens (tertiary/aromatic N) is 1. The van der Waals surface area contributed by atoms with Crippen LogP contribution >= 0.6 is 0 Å². The number of ether oxygens (including phenoxy) is 1. The lowest BCUT2D eigenvalue weighted by molar-refractivity contribution is -0.146. The number of hydrogen-bond acceptors (Lipinski definition) is 4. The second-order valence-electron chi connectivity index (χ2n) is 5.83. The van der Waals surface area contributed by atoms with Gasteiger partial charge < -0.3 is 15.0 Å².